The molecule has 0 bridgehead atoms. The van der Waals surface area contributed by atoms with Crippen molar-refractivity contribution in [3.63, 3.8) is 0 Å². The molecule has 1 aliphatic heterocycles. The molecule has 0 aromatic heterocycles. The average Bonchev–Trinajstić information content (AvgIpc) is 3.24. The van der Waals surface area contributed by atoms with E-state index in [9.17, 15) is 4.79 Å². The number of fused-ring (bicyclic) bond motifs is 3. The molecule has 0 radical (unpaired) electrons. The fourth-order valence-electron chi connectivity index (χ4n) is 4.58. The van der Waals surface area contributed by atoms with E-state index in [2.05, 4.69) is 41.7 Å². The molecule has 0 fully saturated rings. The molecular formula is C25H20ClNO. The van der Waals surface area contributed by atoms with Gasteiger partial charge < -0.3 is 5.32 Å². The fraction of sp³-hybridized carbons (Fsp3) is 0.160. The quantitative estimate of drug-likeness (QED) is 0.417. The first-order valence-corrected chi connectivity index (χ1v) is 10.0. The Morgan fingerprint density at radius 2 is 1.68 bits per heavy atom. The van der Waals surface area contributed by atoms with Gasteiger partial charge in [-0.3, -0.25) is 4.79 Å². The summed E-state index contributed by atoms with van der Waals surface area (Å²) < 4.78 is 0. The van der Waals surface area contributed by atoms with E-state index in [0.717, 1.165) is 17.7 Å². The average molecular weight is 386 g/mol. The van der Waals surface area contributed by atoms with Crippen molar-refractivity contribution in [2.75, 3.05) is 5.32 Å². The molecule has 0 unspecified atom stereocenters. The van der Waals surface area contributed by atoms with Crippen molar-refractivity contribution >= 4 is 23.1 Å². The zero-order chi connectivity index (χ0) is 19.1. The Morgan fingerprint density at radius 1 is 0.964 bits per heavy atom. The highest BCUT2D eigenvalue weighted by Crippen LogP contribution is 2.51. The summed E-state index contributed by atoms with van der Waals surface area (Å²) in [5.74, 6) is 0.689. The first kappa shape index (κ1) is 17.3. The van der Waals surface area contributed by atoms with E-state index in [-0.39, 0.29) is 17.7 Å². The van der Waals surface area contributed by atoms with Crippen molar-refractivity contribution in [1.82, 2.24) is 0 Å². The molecule has 0 amide bonds. The summed E-state index contributed by atoms with van der Waals surface area (Å²) in [5, 5.41) is 4.32. The molecule has 3 atom stereocenters. The van der Waals surface area contributed by atoms with Crippen LogP contribution < -0.4 is 5.32 Å². The summed E-state index contributed by atoms with van der Waals surface area (Å²) >= 11 is 6.45. The lowest BCUT2D eigenvalue weighted by Crippen LogP contribution is -2.30. The lowest BCUT2D eigenvalue weighted by Gasteiger charge is -2.38. The molecule has 1 N–H and O–H groups in total. The van der Waals surface area contributed by atoms with Crippen LogP contribution in [-0.4, -0.2) is 5.78 Å². The van der Waals surface area contributed by atoms with Crippen molar-refractivity contribution < 1.29 is 4.79 Å². The summed E-state index contributed by atoms with van der Waals surface area (Å²) in [6, 6.07) is 23.9. The number of ketones is 1. The minimum atomic E-state index is -0.000844. The summed E-state index contributed by atoms with van der Waals surface area (Å²) in [7, 11) is 0. The number of rotatable bonds is 3. The molecule has 3 aromatic rings. The van der Waals surface area contributed by atoms with Crippen LogP contribution in [0.2, 0.25) is 5.02 Å². The van der Waals surface area contributed by atoms with Crippen LogP contribution in [0.5, 0.6) is 0 Å². The molecule has 28 heavy (non-hydrogen) atoms. The summed E-state index contributed by atoms with van der Waals surface area (Å²) in [6.07, 6.45) is 5.54. The Labute approximate surface area is 169 Å². The van der Waals surface area contributed by atoms with Crippen LogP contribution in [0.1, 0.15) is 45.4 Å². The molecule has 2 aliphatic rings. The molecule has 2 nitrogen and oxygen atoms in total. The molecule has 3 aromatic carbocycles. The Balaban J connectivity index is 1.66. The predicted molar refractivity (Wildman–Crippen MR) is 114 cm³/mol. The zero-order valence-corrected chi connectivity index (χ0v) is 16.1. The standard InChI is InChI=1S/C25H20ClNO/c26-18-14-21-19-12-7-13-20(19)23(16-8-3-1-4-9-16)27-24(21)22(15-18)25(28)17-10-5-2-6-11-17/h1-12,14-15,19-20,23,27H,13H2/t19-,20+,23-/m0/s1. The smallest absolute Gasteiger partial charge is 0.195 e. The monoisotopic (exact) mass is 385 g/mol. The molecule has 1 heterocycles. The number of carbonyl (C=O) groups excluding carboxylic acids is 1. The number of hydrogen-bond donors (Lipinski definition) is 1. The van der Waals surface area contributed by atoms with E-state index in [0.29, 0.717) is 22.1 Å². The van der Waals surface area contributed by atoms with Gasteiger partial charge in [-0.2, -0.15) is 0 Å². The number of carbonyl (C=O) groups is 1. The van der Waals surface area contributed by atoms with E-state index in [1.807, 2.05) is 42.5 Å². The minimum absolute atomic E-state index is 0.000844. The van der Waals surface area contributed by atoms with Crippen LogP contribution in [0, 0.1) is 5.92 Å². The van der Waals surface area contributed by atoms with Gasteiger partial charge in [0.05, 0.1) is 6.04 Å². The van der Waals surface area contributed by atoms with Crippen molar-refractivity contribution in [3.8, 4) is 0 Å². The first-order chi connectivity index (χ1) is 13.7. The van der Waals surface area contributed by atoms with E-state index in [1.54, 1.807) is 6.07 Å². The summed E-state index contributed by atoms with van der Waals surface area (Å²) in [5.41, 5.74) is 4.61. The molecule has 1 aliphatic carbocycles. The highest BCUT2D eigenvalue weighted by molar-refractivity contribution is 6.31. The third-order valence-electron chi connectivity index (χ3n) is 5.87. The third-order valence-corrected chi connectivity index (χ3v) is 6.09. The van der Waals surface area contributed by atoms with Crippen LogP contribution in [0.15, 0.2) is 84.9 Å². The maximum absolute atomic E-state index is 13.3. The van der Waals surface area contributed by atoms with Crippen LogP contribution in [-0.2, 0) is 0 Å². The molecule has 5 rings (SSSR count). The van der Waals surface area contributed by atoms with Gasteiger partial charge in [-0.1, -0.05) is 84.4 Å². The van der Waals surface area contributed by atoms with Crippen molar-refractivity contribution in [2.24, 2.45) is 5.92 Å². The number of allylic oxidation sites excluding steroid dienone is 2. The van der Waals surface area contributed by atoms with Gasteiger partial charge in [0.15, 0.2) is 5.78 Å². The number of benzene rings is 3. The summed E-state index contributed by atoms with van der Waals surface area (Å²) in [6.45, 7) is 0. The minimum Gasteiger partial charge on any atom is -0.377 e. The SMILES string of the molecule is O=C(c1ccccc1)c1cc(Cl)cc2c1N[C@@H](c1ccccc1)[C@@H]1CC=C[C@H]21. The maximum Gasteiger partial charge on any atom is 0.195 e. The Kier molecular flexibility index (Phi) is 4.29. The predicted octanol–water partition coefficient (Wildman–Crippen LogP) is 6.40. The third kappa shape index (κ3) is 2.85. The molecule has 3 heteroatoms. The van der Waals surface area contributed by atoms with Gasteiger partial charge in [0, 0.05) is 27.8 Å². The van der Waals surface area contributed by atoms with Crippen molar-refractivity contribution in [1.29, 1.82) is 0 Å². The van der Waals surface area contributed by atoms with Crippen molar-refractivity contribution in [3.05, 3.63) is 112 Å². The molecular weight excluding hydrogens is 366 g/mol. The Bertz CT molecular complexity index is 1060. The maximum atomic E-state index is 13.3. The number of nitrogens with one attached hydrogen (secondary N) is 1. The van der Waals surface area contributed by atoms with Gasteiger partial charge in [-0.05, 0) is 35.6 Å². The topological polar surface area (TPSA) is 29.1 Å². The second kappa shape index (κ2) is 6.96. The van der Waals surface area contributed by atoms with Gasteiger partial charge in [0.25, 0.3) is 0 Å². The van der Waals surface area contributed by atoms with Gasteiger partial charge >= 0.3 is 0 Å². The van der Waals surface area contributed by atoms with Gasteiger partial charge in [-0.15, -0.1) is 0 Å². The van der Waals surface area contributed by atoms with E-state index in [4.69, 9.17) is 11.6 Å². The second-order valence-electron chi connectivity index (χ2n) is 7.50. The van der Waals surface area contributed by atoms with E-state index in [1.165, 1.54) is 5.56 Å². The number of halogens is 1. The number of anilines is 1. The Hall–Kier alpha value is -2.84. The van der Waals surface area contributed by atoms with Crippen LogP contribution >= 0.6 is 11.6 Å². The molecule has 138 valence electrons. The zero-order valence-electron chi connectivity index (χ0n) is 15.3. The van der Waals surface area contributed by atoms with E-state index < -0.39 is 0 Å². The number of hydrogen-bond acceptors (Lipinski definition) is 2. The van der Waals surface area contributed by atoms with Crippen molar-refractivity contribution in [2.45, 2.75) is 18.4 Å². The first-order valence-electron chi connectivity index (χ1n) is 9.64. The molecule has 0 saturated heterocycles. The van der Waals surface area contributed by atoms with Gasteiger partial charge in [0.2, 0.25) is 0 Å². The highest BCUT2D eigenvalue weighted by atomic mass is 35.5. The van der Waals surface area contributed by atoms with E-state index >= 15 is 0 Å². The highest BCUT2D eigenvalue weighted by Gasteiger charge is 2.39. The second-order valence-corrected chi connectivity index (χ2v) is 7.94. The van der Waals surface area contributed by atoms with Gasteiger partial charge in [0.1, 0.15) is 0 Å². The molecule has 0 spiro atoms. The van der Waals surface area contributed by atoms with Crippen LogP contribution in [0.3, 0.4) is 0 Å². The van der Waals surface area contributed by atoms with Crippen LogP contribution in [0.4, 0.5) is 5.69 Å². The normalized spacial score (nSPS) is 22.2. The lowest BCUT2D eigenvalue weighted by molar-refractivity contribution is 0.103. The van der Waals surface area contributed by atoms with Gasteiger partial charge in [-0.25, -0.2) is 0 Å². The largest absolute Gasteiger partial charge is 0.377 e. The fourth-order valence-corrected chi connectivity index (χ4v) is 4.81. The Morgan fingerprint density at radius 3 is 2.43 bits per heavy atom. The lowest BCUT2D eigenvalue weighted by atomic mass is 9.76. The van der Waals surface area contributed by atoms with Crippen LogP contribution in [0.25, 0.3) is 0 Å². The molecule has 0 saturated carbocycles. The summed E-state index contributed by atoms with van der Waals surface area (Å²) in [4.78, 5) is 13.3.